The maximum atomic E-state index is 12.4. The van der Waals surface area contributed by atoms with Crippen molar-refractivity contribution in [2.24, 2.45) is 0 Å². The molecule has 1 unspecified atom stereocenters. The van der Waals surface area contributed by atoms with Crippen LogP contribution in [0.3, 0.4) is 0 Å². The third kappa shape index (κ3) is 6.88. The van der Waals surface area contributed by atoms with Gasteiger partial charge in [0.25, 0.3) is 5.89 Å². The summed E-state index contributed by atoms with van der Waals surface area (Å²) in [6.07, 6.45) is 13.5. The second kappa shape index (κ2) is 13.5. The van der Waals surface area contributed by atoms with Crippen LogP contribution in [-0.2, 0) is 30.5 Å². The van der Waals surface area contributed by atoms with E-state index in [2.05, 4.69) is 54.1 Å². The number of carbonyl (C=O) groups is 1. The summed E-state index contributed by atoms with van der Waals surface area (Å²) < 4.78 is 6.02. The van der Waals surface area contributed by atoms with E-state index in [4.69, 9.17) is 4.42 Å². The van der Waals surface area contributed by atoms with Crippen LogP contribution in [0.4, 0.5) is 17.4 Å². The molecule has 0 spiro atoms. The van der Waals surface area contributed by atoms with E-state index >= 15 is 0 Å². The Balaban J connectivity index is 1.03. The number of benzene rings is 2. The first-order chi connectivity index (χ1) is 22.5. The van der Waals surface area contributed by atoms with Gasteiger partial charge in [0.15, 0.2) is 5.69 Å². The molecule has 46 heavy (non-hydrogen) atoms. The molecule has 3 heterocycles. The fraction of sp³-hybridized carbons (Fsp3) is 0.417. The second-order valence-electron chi connectivity index (χ2n) is 13.0. The van der Waals surface area contributed by atoms with Gasteiger partial charge in [-0.25, -0.2) is 0 Å². The van der Waals surface area contributed by atoms with Gasteiger partial charge < -0.3 is 24.9 Å². The lowest BCUT2D eigenvalue weighted by Crippen LogP contribution is -2.32. The summed E-state index contributed by atoms with van der Waals surface area (Å²) in [5.41, 5.74) is 9.29. The van der Waals surface area contributed by atoms with Gasteiger partial charge in [-0.1, -0.05) is 23.3 Å². The monoisotopic (exact) mass is 618 g/mol. The fourth-order valence-corrected chi connectivity index (χ4v) is 7.03. The zero-order valence-corrected chi connectivity index (χ0v) is 26.8. The zero-order chi connectivity index (χ0) is 31.5. The lowest BCUT2D eigenvalue weighted by molar-refractivity contribution is -0.111. The van der Waals surface area contributed by atoms with Crippen molar-refractivity contribution in [2.75, 3.05) is 44.4 Å². The highest BCUT2D eigenvalue weighted by Gasteiger charge is 2.25. The van der Waals surface area contributed by atoms with Gasteiger partial charge in [0.05, 0.1) is 5.69 Å². The highest BCUT2D eigenvalue weighted by atomic mass is 16.4. The highest BCUT2D eigenvalue weighted by molar-refractivity contribution is 5.99. The van der Waals surface area contributed by atoms with Gasteiger partial charge in [-0.15, -0.1) is 15.3 Å². The van der Waals surface area contributed by atoms with Gasteiger partial charge in [0.2, 0.25) is 5.91 Å². The van der Waals surface area contributed by atoms with Crippen LogP contribution in [0, 0.1) is 0 Å². The first kappa shape index (κ1) is 30.3. The van der Waals surface area contributed by atoms with Crippen LogP contribution in [0.25, 0.3) is 22.8 Å². The Morgan fingerprint density at radius 2 is 1.65 bits per heavy atom. The van der Waals surface area contributed by atoms with Gasteiger partial charge in [0.1, 0.15) is 0 Å². The normalized spacial score (nSPS) is 18.1. The minimum Gasteiger partial charge on any atom is -0.401 e. The molecule has 1 saturated heterocycles. The number of anilines is 3. The number of nitrogens with one attached hydrogen (secondary N) is 2. The maximum Gasteiger partial charge on any atom is 0.320 e. The Kier molecular flexibility index (Phi) is 8.89. The number of fused-ring (bicyclic) bond motifs is 4. The Hall–Kier alpha value is -4.41. The van der Waals surface area contributed by atoms with Crippen LogP contribution in [-0.4, -0.2) is 75.9 Å². The Morgan fingerprint density at radius 1 is 0.870 bits per heavy atom. The lowest BCUT2D eigenvalue weighted by Gasteiger charge is -2.25. The van der Waals surface area contributed by atoms with E-state index in [1.54, 1.807) is 6.08 Å². The van der Waals surface area contributed by atoms with Gasteiger partial charge in [-0.2, -0.15) is 0 Å². The van der Waals surface area contributed by atoms with Crippen LogP contribution in [0.15, 0.2) is 59.0 Å². The quantitative estimate of drug-likeness (QED) is 0.186. The van der Waals surface area contributed by atoms with Crippen molar-refractivity contribution in [3.8, 4) is 22.8 Å². The molecule has 2 aromatic carbocycles. The third-order valence-corrected chi connectivity index (χ3v) is 9.39. The van der Waals surface area contributed by atoms with Crippen molar-refractivity contribution in [3.05, 3.63) is 76.9 Å². The van der Waals surface area contributed by atoms with Crippen LogP contribution in [0.2, 0.25) is 0 Å². The number of carbonyl (C=O) groups excluding carboxylic acids is 1. The first-order valence-electron chi connectivity index (χ1n) is 16.6. The molecule has 7 rings (SSSR count). The van der Waals surface area contributed by atoms with E-state index in [9.17, 15) is 4.79 Å². The summed E-state index contributed by atoms with van der Waals surface area (Å²) in [6.45, 7) is 3.23. The number of rotatable bonds is 8. The molecule has 2 N–H and O–H groups in total. The van der Waals surface area contributed by atoms with Crippen molar-refractivity contribution < 1.29 is 9.21 Å². The summed E-state index contributed by atoms with van der Waals surface area (Å²) >= 11 is 0. The summed E-state index contributed by atoms with van der Waals surface area (Å²) in [5.74, 6) is 0.202. The topological polar surface area (TPSA) is 112 Å². The number of aromatic nitrogens is 4. The van der Waals surface area contributed by atoms with Crippen LogP contribution < -0.4 is 10.6 Å². The molecule has 3 aliphatic rings. The first-order valence-corrected chi connectivity index (χ1v) is 16.6. The smallest absolute Gasteiger partial charge is 0.320 e. The van der Waals surface area contributed by atoms with Crippen LogP contribution in [0.5, 0.6) is 0 Å². The predicted octanol–water partition coefficient (Wildman–Crippen LogP) is 5.83. The number of likely N-dealkylation sites (tertiary alicyclic amines) is 1. The molecule has 1 fully saturated rings. The third-order valence-electron chi connectivity index (χ3n) is 9.39. The molecule has 0 saturated carbocycles. The predicted molar refractivity (Wildman–Crippen MR) is 180 cm³/mol. The molecule has 0 bridgehead atoms. The molecule has 10 nitrogen and oxygen atoms in total. The van der Waals surface area contributed by atoms with Crippen molar-refractivity contribution in [1.82, 2.24) is 30.2 Å². The standard InChI is InChI=1S/C36H42N8O2/c1-43(2)18-6-9-33(45)37-28-14-17-31-26(22-28)7-5-8-27-23-32(39-40-34(27)31)35-41-42-36(46-35)38-29-13-10-24-11-15-30(16-12-25(24)21-29)44-19-3-4-20-44/h6,9-10,13-14,17,21-23,30H,3-5,7-8,11-12,15-16,18-20H2,1-2H3,(H,37,45)(H,38,42)/b9-6+. The molecule has 238 valence electrons. The van der Waals surface area contributed by atoms with Gasteiger partial charge in [-0.05, 0) is 138 Å². The number of likely N-dealkylation sites (N-methyl/N-ethyl adjacent to an activating group) is 1. The lowest BCUT2D eigenvalue weighted by atomic mass is 10.0. The average molecular weight is 619 g/mol. The van der Waals surface area contributed by atoms with E-state index in [1.165, 1.54) is 49.9 Å². The van der Waals surface area contributed by atoms with Crippen molar-refractivity contribution >= 4 is 23.3 Å². The summed E-state index contributed by atoms with van der Waals surface area (Å²) in [7, 11) is 3.94. The SMILES string of the molecule is CN(C)C/C=C/C(=O)Nc1ccc2c(c1)CCCc1cc(-c3nnc(Nc4ccc5c(c4)CCC(N4CCCC4)CC5)o3)nnc1-2. The number of hydrogen-bond donors (Lipinski definition) is 2. The molecular weight excluding hydrogens is 576 g/mol. The molecule has 2 aliphatic carbocycles. The number of hydrogen-bond acceptors (Lipinski definition) is 9. The van der Waals surface area contributed by atoms with E-state index in [0.717, 1.165) is 65.9 Å². The minimum absolute atomic E-state index is 0.137. The van der Waals surface area contributed by atoms with Crippen molar-refractivity contribution in [1.29, 1.82) is 0 Å². The van der Waals surface area contributed by atoms with E-state index in [-0.39, 0.29) is 5.91 Å². The van der Waals surface area contributed by atoms with E-state index in [1.807, 2.05) is 49.3 Å². The van der Waals surface area contributed by atoms with Gasteiger partial charge in [0, 0.05) is 35.6 Å². The molecule has 1 amide bonds. The molecular formula is C36H42N8O2. The summed E-state index contributed by atoms with van der Waals surface area (Å²) in [5, 5.41) is 24.0. The zero-order valence-electron chi connectivity index (χ0n) is 26.8. The number of amides is 1. The minimum atomic E-state index is -0.137. The molecule has 10 heteroatoms. The van der Waals surface area contributed by atoms with Gasteiger partial charge >= 0.3 is 6.01 Å². The molecule has 1 aliphatic heterocycles. The molecule has 4 aromatic rings. The number of nitrogens with zero attached hydrogens (tertiary/aromatic N) is 6. The fourth-order valence-electron chi connectivity index (χ4n) is 7.03. The van der Waals surface area contributed by atoms with E-state index in [0.29, 0.717) is 30.2 Å². The van der Waals surface area contributed by atoms with Crippen LogP contribution in [0.1, 0.15) is 54.4 Å². The molecule has 0 radical (unpaired) electrons. The Morgan fingerprint density at radius 3 is 2.50 bits per heavy atom. The Labute approximate surface area is 270 Å². The summed E-state index contributed by atoms with van der Waals surface area (Å²) in [6, 6.07) is 15.6. The average Bonchev–Trinajstić information content (AvgIpc) is 3.66. The van der Waals surface area contributed by atoms with Gasteiger partial charge in [-0.3, -0.25) is 4.79 Å². The highest BCUT2D eigenvalue weighted by Crippen LogP contribution is 2.34. The molecule has 1 atom stereocenters. The largest absolute Gasteiger partial charge is 0.401 e. The van der Waals surface area contributed by atoms with Crippen LogP contribution >= 0.6 is 0 Å². The number of aryl methyl sites for hydroxylation is 4. The van der Waals surface area contributed by atoms with Crippen molar-refractivity contribution in [3.63, 3.8) is 0 Å². The second-order valence-corrected chi connectivity index (χ2v) is 13.0. The maximum absolute atomic E-state index is 12.4. The molecule has 2 aromatic heterocycles. The summed E-state index contributed by atoms with van der Waals surface area (Å²) in [4.78, 5) is 17.1. The van der Waals surface area contributed by atoms with Crippen molar-refractivity contribution in [2.45, 2.75) is 63.8 Å². The Bertz CT molecular complexity index is 1740. The van der Waals surface area contributed by atoms with E-state index < -0.39 is 0 Å².